The van der Waals surface area contributed by atoms with Crippen LogP contribution in [0.25, 0.3) is 0 Å². The van der Waals surface area contributed by atoms with E-state index in [4.69, 9.17) is 0 Å². The van der Waals surface area contributed by atoms with Gasteiger partial charge in [0.15, 0.2) is 0 Å². The molecule has 0 unspecified atom stereocenters. The summed E-state index contributed by atoms with van der Waals surface area (Å²) in [5.74, 6) is -0.257. The molecule has 0 saturated carbocycles. The molecule has 134 valence electrons. The number of carbonyl (C=O) groups excluding carboxylic acids is 1. The predicted octanol–water partition coefficient (Wildman–Crippen LogP) is 3.42. The molecular formula is C19H24N2O3S. The molecule has 2 aromatic carbocycles. The van der Waals surface area contributed by atoms with Crippen molar-refractivity contribution in [1.82, 2.24) is 4.90 Å². The van der Waals surface area contributed by atoms with Gasteiger partial charge in [-0.2, -0.15) is 0 Å². The molecule has 1 N–H and O–H groups in total. The molecule has 0 aliphatic rings. The highest BCUT2D eigenvalue weighted by atomic mass is 32.2. The molecule has 1 amide bonds. The predicted molar refractivity (Wildman–Crippen MR) is 101 cm³/mol. The molecule has 0 spiro atoms. The summed E-state index contributed by atoms with van der Waals surface area (Å²) in [6, 6.07) is 8.60. The van der Waals surface area contributed by atoms with Crippen LogP contribution >= 0.6 is 0 Å². The minimum atomic E-state index is -3.82. The summed E-state index contributed by atoms with van der Waals surface area (Å²) in [7, 11) is -0.561. The molecule has 0 fully saturated rings. The number of aryl methyl sites for hydroxylation is 2. The Morgan fingerprint density at radius 1 is 0.960 bits per heavy atom. The Morgan fingerprint density at radius 3 is 2.00 bits per heavy atom. The van der Waals surface area contributed by atoms with Crippen LogP contribution in [0.2, 0.25) is 0 Å². The fourth-order valence-electron chi connectivity index (χ4n) is 2.78. The highest BCUT2D eigenvalue weighted by Gasteiger charge is 2.24. The minimum Gasteiger partial charge on any atom is -0.345 e. The van der Waals surface area contributed by atoms with E-state index in [9.17, 15) is 13.2 Å². The van der Waals surface area contributed by atoms with Crippen molar-refractivity contribution in [3.05, 3.63) is 58.1 Å². The Morgan fingerprint density at radius 2 is 1.48 bits per heavy atom. The average Bonchev–Trinajstić information content (AvgIpc) is 2.52. The van der Waals surface area contributed by atoms with Gasteiger partial charge in [-0.3, -0.25) is 9.52 Å². The van der Waals surface area contributed by atoms with Crippen LogP contribution < -0.4 is 4.72 Å². The molecule has 0 aliphatic heterocycles. The van der Waals surface area contributed by atoms with Gasteiger partial charge < -0.3 is 4.90 Å². The molecular weight excluding hydrogens is 336 g/mol. The van der Waals surface area contributed by atoms with Gasteiger partial charge in [-0.1, -0.05) is 18.2 Å². The van der Waals surface area contributed by atoms with Gasteiger partial charge in [0.2, 0.25) is 0 Å². The Hall–Kier alpha value is -2.34. The SMILES string of the molecule is Cc1cc(C)c(C)c(S(=O)(=O)Nc2ccccc2C(=O)N(C)C)c1C. The molecule has 0 atom stereocenters. The molecule has 0 heterocycles. The van der Waals surface area contributed by atoms with E-state index in [2.05, 4.69) is 4.72 Å². The number of amides is 1. The summed E-state index contributed by atoms with van der Waals surface area (Å²) < 4.78 is 28.7. The van der Waals surface area contributed by atoms with Crippen LogP contribution in [0.5, 0.6) is 0 Å². The second-order valence-corrected chi connectivity index (χ2v) is 8.06. The van der Waals surface area contributed by atoms with Gasteiger partial charge in [-0.05, 0) is 62.1 Å². The third-order valence-corrected chi connectivity index (χ3v) is 6.01. The lowest BCUT2D eigenvalue weighted by Gasteiger charge is -2.19. The Kier molecular flexibility index (Phi) is 5.23. The third-order valence-electron chi connectivity index (χ3n) is 4.37. The maximum atomic E-state index is 13.1. The van der Waals surface area contributed by atoms with Gasteiger partial charge in [0.1, 0.15) is 0 Å². The van der Waals surface area contributed by atoms with Crippen LogP contribution in [-0.4, -0.2) is 33.3 Å². The summed E-state index contributed by atoms with van der Waals surface area (Å²) in [5, 5.41) is 0. The topological polar surface area (TPSA) is 66.5 Å². The number of nitrogens with one attached hydrogen (secondary N) is 1. The lowest BCUT2D eigenvalue weighted by Crippen LogP contribution is -2.24. The van der Waals surface area contributed by atoms with E-state index in [-0.39, 0.29) is 16.5 Å². The Balaban J connectivity index is 2.58. The smallest absolute Gasteiger partial charge is 0.262 e. The van der Waals surface area contributed by atoms with Crippen molar-refractivity contribution in [3.8, 4) is 0 Å². The van der Waals surface area contributed by atoms with Gasteiger partial charge in [0.05, 0.1) is 16.1 Å². The highest BCUT2D eigenvalue weighted by molar-refractivity contribution is 7.92. The average molecular weight is 360 g/mol. The van der Waals surface area contributed by atoms with Crippen LogP contribution in [0.3, 0.4) is 0 Å². The van der Waals surface area contributed by atoms with Crippen molar-refractivity contribution in [3.63, 3.8) is 0 Å². The number of carbonyl (C=O) groups is 1. The molecule has 25 heavy (non-hydrogen) atoms. The Labute approximate surface area is 149 Å². The van der Waals surface area contributed by atoms with E-state index in [0.29, 0.717) is 16.7 Å². The molecule has 0 radical (unpaired) electrons. The first-order valence-corrected chi connectivity index (χ1v) is 9.45. The zero-order valence-electron chi connectivity index (χ0n) is 15.5. The number of nitrogens with zero attached hydrogens (tertiary/aromatic N) is 1. The van der Waals surface area contributed by atoms with Crippen molar-refractivity contribution >= 4 is 21.6 Å². The van der Waals surface area contributed by atoms with Crippen molar-refractivity contribution in [2.45, 2.75) is 32.6 Å². The van der Waals surface area contributed by atoms with Crippen molar-refractivity contribution in [1.29, 1.82) is 0 Å². The molecule has 0 bridgehead atoms. The third kappa shape index (κ3) is 3.69. The first-order valence-electron chi connectivity index (χ1n) is 7.97. The maximum Gasteiger partial charge on any atom is 0.262 e. The molecule has 0 aromatic heterocycles. The molecule has 6 heteroatoms. The van der Waals surface area contributed by atoms with Gasteiger partial charge in [-0.15, -0.1) is 0 Å². The summed E-state index contributed by atoms with van der Waals surface area (Å²) in [6.45, 7) is 7.38. The van der Waals surface area contributed by atoms with Crippen LogP contribution in [0.15, 0.2) is 35.2 Å². The number of anilines is 1. The first-order chi connectivity index (χ1) is 11.6. The minimum absolute atomic E-state index is 0.257. The van der Waals surface area contributed by atoms with Gasteiger partial charge in [0, 0.05) is 14.1 Å². The van der Waals surface area contributed by atoms with Crippen LogP contribution in [0.1, 0.15) is 32.6 Å². The van der Waals surface area contributed by atoms with E-state index in [1.165, 1.54) is 4.90 Å². The summed E-state index contributed by atoms with van der Waals surface area (Å²) >= 11 is 0. The summed E-state index contributed by atoms with van der Waals surface area (Å²) in [5.41, 5.74) is 3.86. The van der Waals surface area contributed by atoms with E-state index in [0.717, 1.165) is 11.1 Å². The second-order valence-electron chi connectivity index (χ2n) is 6.44. The van der Waals surface area contributed by atoms with Crippen molar-refractivity contribution in [2.75, 3.05) is 18.8 Å². The molecule has 2 aromatic rings. The van der Waals surface area contributed by atoms with Crippen molar-refractivity contribution in [2.24, 2.45) is 0 Å². The Bertz CT molecular complexity index is 906. The second kappa shape index (κ2) is 6.88. The van der Waals surface area contributed by atoms with Crippen LogP contribution in [-0.2, 0) is 10.0 Å². The number of rotatable bonds is 4. The van der Waals surface area contributed by atoms with E-state index >= 15 is 0 Å². The lowest BCUT2D eigenvalue weighted by molar-refractivity contribution is 0.0828. The number of benzene rings is 2. The monoisotopic (exact) mass is 360 g/mol. The standard InChI is InChI=1S/C19H24N2O3S/c1-12-11-13(2)15(4)18(14(12)3)25(23,24)20-17-10-8-7-9-16(17)19(22)21(5)6/h7-11,20H,1-6H3. The fraction of sp³-hybridized carbons (Fsp3) is 0.316. The van der Waals surface area contributed by atoms with Crippen molar-refractivity contribution < 1.29 is 13.2 Å². The zero-order valence-corrected chi connectivity index (χ0v) is 16.3. The fourth-order valence-corrected chi connectivity index (χ4v) is 4.48. The molecule has 0 aliphatic carbocycles. The lowest BCUT2D eigenvalue weighted by atomic mass is 10.0. The van der Waals surface area contributed by atoms with E-state index < -0.39 is 10.0 Å². The first kappa shape index (κ1) is 19.0. The van der Waals surface area contributed by atoms with Gasteiger partial charge >= 0.3 is 0 Å². The van der Waals surface area contributed by atoms with Gasteiger partial charge in [0.25, 0.3) is 15.9 Å². The quantitative estimate of drug-likeness (QED) is 0.908. The maximum absolute atomic E-state index is 13.1. The molecule has 2 rings (SSSR count). The zero-order chi connectivity index (χ0) is 18.9. The summed E-state index contributed by atoms with van der Waals surface area (Å²) in [4.78, 5) is 14.0. The number of para-hydroxylation sites is 1. The number of sulfonamides is 1. The number of hydrogen-bond donors (Lipinski definition) is 1. The van der Waals surface area contributed by atoms with Gasteiger partial charge in [-0.25, -0.2) is 8.42 Å². The number of hydrogen-bond acceptors (Lipinski definition) is 3. The van der Waals surface area contributed by atoms with Crippen LogP contribution in [0, 0.1) is 27.7 Å². The summed E-state index contributed by atoms with van der Waals surface area (Å²) in [6.07, 6.45) is 0. The largest absolute Gasteiger partial charge is 0.345 e. The van der Waals surface area contributed by atoms with E-state index in [1.54, 1.807) is 52.2 Å². The molecule has 0 saturated heterocycles. The molecule has 5 nitrogen and oxygen atoms in total. The normalized spacial score (nSPS) is 11.3. The highest BCUT2D eigenvalue weighted by Crippen LogP contribution is 2.29. The van der Waals surface area contributed by atoms with Crippen LogP contribution in [0.4, 0.5) is 5.69 Å². The van der Waals surface area contributed by atoms with E-state index in [1.807, 2.05) is 19.9 Å².